The summed E-state index contributed by atoms with van der Waals surface area (Å²) in [7, 11) is 0. The zero-order chi connectivity index (χ0) is 12.3. The second-order valence-corrected chi connectivity index (χ2v) is 4.78. The van der Waals surface area contributed by atoms with Crippen molar-refractivity contribution in [1.29, 1.82) is 0 Å². The van der Waals surface area contributed by atoms with Crippen LogP contribution in [0.1, 0.15) is 17.4 Å². The average molecular weight is 295 g/mol. The number of esters is 1. The van der Waals surface area contributed by atoms with E-state index in [1.54, 1.807) is 6.92 Å². The van der Waals surface area contributed by atoms with Crippen molar-refractivity contribution in [2.24, 2.45) is 4.75 Å². The van der Waals surface area contributed by atoms with E-state index in [0.717, 1.165) is 15.4 Å². The molecule has 0 fully saturated rings. The van der Waals surface area contributed by atoms with Crippen LogP contribution in [-0.4, -0.2) is 32.7 Å². The molecule has 0 unspecified atom stereocenters. The van der Waals surface area contributed by atoms with Crippen molar-refractivity contribution in [2.45, 2.75) is 6.92 Å². The molecule has 0 aliphatic heterocycles. The van der Waals surface area contributed by atoms with Crippen LogP contribution < -0.4 is 9.21 Å². The summed E-state index contributed by atoms with van der Waals surface area (Å²) < 4.78 is 11.4. The first-order valence-corrected chi connectivity index (χ1v) is 7.04. The van der Waals surface area contributed by atoms with E-state index in [0.29, 0.717) is 12.3 Å². The molecule has 0 bridgehead atoms. The molecule has 1 aromatic heterocycles. The number of benzene rings is 1. The zero-order valence-corrected chi connectivity index (χ0v) is 11.1. The van der Waals surface area contributed by atoms with Gasteiger partial charge in [0.1, 0.15) is 0 Å². The topological polar surface area (TPSA) is 65.2 Å². The number of nitrogens with zero attached hydrogens (tertiary/aromatic N) is 1. The molecule has 0 saturated heterocycles. The fourth-order valence-electron chi connectivity index (χ4n) is 1.53. The molecule has 88 valence electrons. The van der Waals surface area contributed by atoms with E-state index in [-0.39, 0.29) is 15.2 Å². The van der Waals surface area contributed by atoms with E-state index < -0.39 is 5.97 Å². The zero-order valence-electron chi connectivity index (χ0n) is 9.34. The molecule has 0 aliphatic rings. The Labute approximate surface area is 106 Å². The van der Waals surface area contributed by atoms with E-state index in [2.05, 4.69) is 4.98 Å². The first-order valence-electron chi connectivity index (χ1n) is 5.20. The fraction of sp³-hybridized carbons (Fsp3) is 0.167. The molecule has 0 amide bonds. The Morgan fingerprint density at radius 3 is 2.94 bits per heavy atom. The summed E-state index contributed by atoms with van der Waals surface area (Å²) in [6.45, 7) is 2.11. The van der Waals surface area contributed by atoms with Crippen molar-refractivity contribution in [1.82, 2.24) is 4.98 Å². The van der Waals surface area contributed by atoms with Gasteiger partial charge in [-0.2, -0.15) is 0 Å². The minimum atomic E-state index is -0.402. The predicted molar refractivity (Wildman–Crippen MR) is 67.3 cm³/mol. The van der Waals surface area contributed by atoms with Gasteiger partial charge in [-0.3, -0.25) is 0 Å². The number of ether oxygens (including phenoxy) is 1. The number of rotatable bonds is 3. The van der Waals surface area contributed by atoms with Crippen LogP contribution in [0.3, 0.4) is 0 Å². The van der Waals surface area contributed by atoms with Gasteiger partial charge in [-0.05, 0) is 0 Å². The number of fused-ring (bicyclic) bond motifs is 1. The molecule has 1 aromatic carbocycles. The van der Waals surface area contributed by atoms with Gasteiger partial charge in [0.05, 0.1) is 0 Å². The maximum absolute atomic E-state index is 11.7. The molecule has 0 radical (unpaired) electrons. The van der Waals surface area contributed by atoms with Crippen molar-refractivity contribution >= 4 is 36.5 Å². The molecular formula is C12H12N2O2Se. The van der Waals surface area contributed by atoms with Gasteiger partial charge in [0.2, 0.25) is 0 Å². The van der Waals surface area contributed by atoms with Crippen LogP contribution in [0.2, 0.25) is 0 Å². The van der Waals surface area contributed by atoms with Crippen LogP contribution in [0.5, 0.6) is 0 Å². The molecule has 1 heterocycles. The summed E-state index contributed by atoms with van der Waals surface area (Å²) in [6, 6.07) is 9.55. The fourth-order valence-corrected chi connectivity index (χ4v) is 2.45. The normalized spacial score (nSPS) is 10.5. The summed E-state index contributed by atoms with van der Waals surface area (Å²) in [5.41, 5.74) is 1.12. The number of pyridine rings is 1. The molecule has 0 saturated carbocycles. The quantitative estimate of drug-likeness (QED) is 0.666. The predicted octanol–water partition coefficient (Wildman–Crippen LogP) is 0.615. The number of para-hydroxylation sites is 1. The molecule has 2 N–H and O–H groups in total. The Bertz CT molecular complexity index is 557. The average Bonchev–Trinajstić information content (AvgIpc) is 2.37. The van der Waals surface area contributed by atoms with Crippen LogP contribution in [-0.2, 0) is 4.74 Å². The van der Waals surface area contributed by atoms with Crippen molar-refractivity contribution in [3.05, 3.63) is 36.0 Å². The van der Waals surface area contributed by atoms with Gasteiger partial charge < -0.3 is 0 Å². The number of nitrogens with two attached hydrogens (primary N) is 1. The third-order valence-electron chi connectivity index (χ3n) is 2.28. The van der Waals surface area contributed by atoms with Gasteiger partial charge in [-0.25, -0.2) is 0 Å². The standard InChI is InChI=1S/C12H12N2O2Se/c1-2-16-12(15)11-10(17-13)7-8-5-3-4-6-9(8)14-11/h3-7H,2,13H2,1H3. The molecule has 2 aromatic rings. The molecule has 2 rings (SSSR count). The molecule has 0 aliphatic carbocycles. The van der Waals surface area contributed by atoms with Crippen LogP contribution in [0, 0.1) is 0 Å². The van der Waals surface area contributed by atoms with Crippen LogP contribution in [0.15, 0.2) is 30.3 Å². The van der Waals surface area contributed by atoms with E-state index in [4.69, 9.17) is 9.49 Å². The number of carbonyl (C=O) groups excluding carboxylic acids is 1. The third-order valence-corrected chi connectivity index (χ3v) is 3.47. The Morgan fingerprint density at radius 1 is 1.47 bits per heavy atom. The van der Waals surface area contributed by atoms with Gasteiger partial charge in [0.25, 0.3) is 0 Å². The summed E-state index contributed by atoms with van der Waals surface area (Å²) >= 11 is -0.279. The molecule has 0 atom stereocenters. The number of hydrogen-bond acceptors (Lipinski definition) is 4. The first-order chi connectivity index (χ1) is 8.26. The monoisotopic (exact) mass is 296 g/mol. The van der Waals surface area contributed by atoms with Gasteiger partial charge in [-0.1, -0.05) is 0 Å². The Kier molecular flexibility index (Phi) is 3.74. The second-order valence-electron chi connectivity index (χ2n) is 3.37. The van der Waals surface area contributed by atoms with Crippen molar-refractivity contribution < 1.29 is 9.53 Å². The molecule has 4 nitrogen and oxygen atoms in total. The van der Waals surface area contributed by atoms with Crippen molar-refractivity contribution in [3.63, 3.8) is 0 Å². The number of carbonyl (C=O) groups is 1. The van der Waals surface area contributed by atoms with E-state index in [1.165, 1.54) is 0 Å². The molecular weight excluding hydrogens is 283 g/mol. The van der Waals surface area contributed by atoms with Gasteiger partial charge in [-0.15, -0.1) is 0 Å². The van der Waals surface area contributed by atoms with Gasteiger partial charge in [0.15, 0.2) is 0 Å². The van der Waals surface area contributed by atoms with Crippen molar-refractivity contribution in [3.8, 4) is 0 Å². The summed E-state index contributed by atoms with van der Waals surface area (Å²) in [5, 5.41) is 0.989. The van der Waals surface area contributed by atoms with Crippen LogP contribution >= 0.6 is 0 Å². The van der Waals surface area contributed by atoms with Crippen LogP contribution in [0.25, 0.3) is 10.9 Å². The van der Waals surface area contributed by atoms with Crippen LogP contribution in [0.4, 0.5) is 0 Å². The third kappa shape index (κ3) is 2.47. The van der Waals surface area contributed by atoms with E-state index in [9.17, 15) is 4.79 Å². The summed E-state index contributed by atoms with van der Waals surface area (Å²) in [6.07, 6.45) is 0. The van der Waals surface area contributed by atoms with E-state index in [1.807, 2.05) is 30.3 Å². The summed E-state index contributed by atoms with van der Waals surface area (Å²) in [5.74, 6) is -0.402. The molecule has 5 heteroatoms. The number of aromatic nitrogens is 1. The number of hydrogen-bond donors (Lipinski definition) is 1. The summed E-state index contributed by atoms with van der Waals surface area (Å²) in [4.78, 5) is 16.1. The molecule has 0 spiro atoms. The SMILES string of the molecule is CCOC(=O)c1nc2ccccc2cc1[Se]N. The Balaban J connectivity index is 2.56. The van der Waals surface area contributed by atoms with Gasteiger partial charge in [0, 0.05) is 0 Å². The second kappa shape index (κ2) is 5.27. The maximum atomic E-state index is 11.7. The Hall–Kier alpha value is -1.42. The Morgan fingerprint density at radius 2 is 2.24 bits per heavy atom. The van der Waals surface area contributed by atoms with E-state index >= 15 is 0 Å². The van der Waals surface area contributed by atoms with Crippen molar-refractivity contribution in [2.75, 3.05) is 6.61 Å². The van der Waals surface area contributed by atoms with Gasteiger partial charge >= 0.3 is 105 Å². The molecule has 17 heavy (non-hydrogen) atoms. The first kappa shape index (κ1) is 12.0. The minimum absolute atomic E-state index is 0.279.